The van der Waals surface area contributed by atoms with Crippen LogP contribution in [0.2, 0.25) is 0 Å². The third-order valence-electron chi connectivity index (χ3n) is 6.27. The Morgan fingerprint density at radius 3 is 2.89 bits per heavy atom. The van der Waals surface area contributed by atoms with Crippen molar-refractivity contribution < 1.29 is 32.3 Å². The summed E-state index contributed by atoms with van der Waals surface area (Å²) in [7, 11) is -4.61. The molecule has 0 aliphatic carbocycles. The SMILES string of the molecule is Cc1cc(N2C(=O)C(=CC=C3Oc4ccsc4[N+]34CCC4S(=O)(=O)[O-])N(CCOCCO)C2=S)n[nH]1. The first-order valence-corrected chi connectivity index (χ1v) is 13.8. The van der Waals surface area contributed by atoms with Gasteiger partial charge in [-0.1, -0.05) is 11.3 Å². The fourth-order valence-corrected chi connectivity index (χ4v) is 7.20. The average Bonchev–Trinajstić information content (AvgIpc) is 3.52. The number of aryl methyl sites for hydroxylation is 1. The lowest BCUT2D eigenvalue weighted by Crippen LogP contribution is -2.67. The number of carbonyl (C=O) groups is 1. The van der Waals surface area contributed by atoms with Crippen LogP contribution in [-0.4, -0.2) is 82.5 Å². The smallest absolute Gasteiger partial charge is 0.304 e. The molecule has 2 fully saturated rings. The number of rotatable bonds is 8. The minimum atomic E-state index is -4.61. The lowest BCUT2D eigenvalue weighted by Gasteiger charge is -2.47. The fourth-order valence-electron chi connectivity index (χ4n) is 4.57. The molecule has 5 rings (SSSR count). The zero-order chi connectivity index (χ0) is 25.7. The number of nitrogens with zero attached hydrogens (tertiary/aromatic N) is 4. The van der Waals surface area contributed by atoms with Gasteiger partial charge in [0, 0.05) is 29.8 Å². The molecule has 2 atom stereocenters. The number of ether oxygens (including phenoxy) is 2. The van der Waals surface area contributed by atoms with Crippen molar-refractivity contribution in [2.24, 2.45) is 0 Å². The summed E-state index contributed by atoms with van der Waals surface area (Å²) >= 11 is 6.90. The molecule has 36 heavy (non-hydrogen) atoms. The second kappa shape index (κ2) is 9.33. The van der Waals surface area contributed by atoms with Crippen LogP contribution in [0.5, 0.6) is 5.75 Å². The van der Waals surface area contributed by atoms with E-state index >= 15 is 0 Å². The Labute approximate surface area is 216 Å². The molecule has 3 aliphatic heterocycles. The topological polar surface area (TPSA) is 148 Å². The molecule has 2 saturated heterocycles. The summed E-state index contributed by atoms with van der Waals surface area (Å²) in [6.45, 7) is 2.61. The number of anilines is 1. The van der Waals surface area contributed by atoms with Crippen LogP contribution in [0.1, 0.15) is 12.1 Å². The van der Waals surface area contributed by atoms with Crippen LogP contribution in [0.15, 0.2) is 41.2 Å². The number of aliphatic hydroxyl groups excluding tert-OH is 1. The first-order chi connectivity index (χ1) is 17.2. The molecule has 2 aromatic heterocycles. The second-order valence-electron chi connectivity index (χ2n) is 8.40. The lowest BCUT2D eigenvalue weighted by atomic mass is 10.1. The first kappa shape index (κ1) is 25.0. The quantitative estimate of drug-likeness (QED) is 0.160. The molecule has 0 bridgehead atoms. The number of aliphatic hydroxyl groups is 1. The molecular formula is C21H23N5O7S3. The summed E-state index contributed by atoms with van der Waals surface area (Å²) in [5.74, 6) is 0.655. The molecule has 3 aliphatic rings. The second-order valence-corrected chi connectivity index (χ2v) is 11.2. The maximum absolute atomic E-state index is 13.4. The average molecular weight is 554 g/mol. The van der Waals surface area contributed by atoms with Gasteiger partial charge in [-0.05, 0) is 31.3 Å². The van der Waals surface area contributed by atoms with Gasteiger partial charge in [0.15, 0.2) is 26.4 Å². The van der Waals surface area contributed by atoms with Gasteiger partial charge in [0.1, 0.15) is 5.70 Å². The van der Waals surface area contributed by atoms with E-state index in [9.17, 15) is 17.8 Å². The Hall–Kier alpha value is -2.66. The third kappa shape index (κ3) is 3.96. The lowest BCUT2D eigenvalue weighted by molar-refractivity contribution is -0.114. The van der Waals surface area contributed by atoms with Gasteiger partial charge in [0.05, 0.1) is 32.8 Å². The van der Waals surface area contributed by atoms with Gasteiger partial charge in [-0.2, -0.15) is 5.10 Å². The van der Waals surface area contributed by atoms with Crippen molar-refractivity contribution in [2.75, 3.05) is 37.8 Å². The molecule has 192 valence electrons. The monoisotopic (exact) mass is 553 g/mol. The highest BCUT2D eigenvalue weighted by Gasteiger charge is 2.61. The number of allylic oxidation sites excluding steroid dienone is 2. The van der Waals surface area contributed by atoms with E-state index in [1.54, 1.807) is 29.3 Å². The third-order valence-corrected chi connectivity index (χ3v) is 8.96. The van der Waals surface area contributed by atoms with Gasteiger partial charge in [0.25, 0.3) is 5.91 Å². The van der Waals surface area contributed by atoms with Crippen LogP contribution in [0.3, 0.4) is 0 Å². The summed E-state index contributed by atoms with van der Waals surface area (Å²) in [5.41, 5.74) is 0.956. The molecule has 2 N–H and O–H groups in total. The normalized spacial score (nSPS) is 25.8. The van der Waals surface area contributed by atoms with Gasteiger partial charge in [-0.25, -0.2) is 17.8 Å². The van der Waals surface area contributed by atoms with Crippen molar-refractivity contribution in [1.29, 1.82) is 0 Å². The Morgan fingerprint density at radius 1 is 1.44 bits per heavy atom. The maximum atomic E-state index is 13.4. The molecule has 0 saturated carbocycles. The number of nitrogens with one attached hydrogen (secondary N) is 1. The van der Waals surface area contributed by atoms with Crippen molar-refractivity contribution in [3.05, 3.63) is 46.9 Å². The van der Waals surface area contributed by atoms with E-state index in [2.05, 4.69) is 10.2 Å². The van der Waals surface area contributed by atoms with E-state index in [0.29, 0.717) is 23.1 Å². The number of hydrogen-bond acceptors (Lipinski definition) is 10. The van der Waals surface area contributed by atoms with E-state index in [-0.39, 0.29) is 54.0 Å². The van der Waals surface area contributed by atoms with Crippen LogP contribution >= 0.6 is 23.6 Å². The van der Waals surface area contributed by atoms with E-state index < -0.39 is 21.4 Å². The van der Waals surface area contributed by atoms with Crippen LogP contribution in [0.4, 0.5) is 10.8 Å². The first-order valence-electron chi connectivity index (χ1n) is 11.1. The number of hydrogen-bond donors (Lipinski definition) is 2. The molecule has 1 spiro atoms. The molecule has 2 unspecified atom stereocenters. The van der Waals surface area contributed by atoms with Gasteiger partial charge in [0.2, 0.25) is 10.8 Å². The van der Waals surface area contributed by atoms with E-state index in [1.165, 1.54) is 28.4 Å². The summed E-state index contributed by atoms with van der Waals surface area (Å²) < 4.78 is 47.2. The van der Waals surface area contributed by atoms with Gasteiger partial charge in [-0.15, -0.1) is 0 Å². The minimum absolute atomic E-state index is 0.137. The summed E-state index contributed by atoms with van der Waals surface area (Å²) in [6, 6.07) is 3.41. The molecule has 2 aromatic rings. The molecule has 0 aromatic carbocycles. The van der Waals surface area contributed by atoms with Crippen molar-refractivity contribution in [3.8, 4) is 5.75 Å². The molecular weight excluding hydrogens is 530 g/mol. The van der Waals surface area contributed by atoms with Crippen molar-refractivity contribution in [3.63, 3.8) is 0 Å². The van der Waals surface area contributed by atoms with Crippen LogP contribution in [0.25, 0.3) is 0 Å². The summed E-state index contributed by atoms with van der Waals surface area (Å²) in [5, 5.41) is 17.3. The number of thiocarbonyl (C=S) groups is 1. The van der Waals surface area contributed by atoms with Crippen molar-refractivity contribution >= 4 is 55.5 Å². The Bertz CT molecular complexity index is 1380. The zero-order valence-electron chi connectivity index (χ0n) is 19.1. The molecule has 1 amide bonds. The predicted molar refractivity (Wildman–Crippen MR) is 134 cm³/mol. The number of amides is 1. The summed E-state index contributed by atoms with van der Waals surface area (Å²) in [4.78, 5) is 16.3. The predicted octanol–water partition coefficient (Wildman–Crippen LogP) is 1.12. The molecule has 15 heteroatoms. The standard InChI is InChI=1S/C21H23N5O7S3/c1-13-12-16(23-22-13)25-19(28)14(24(21(25)34)6-9-32-10-8-27)2-3-17-26(7-4-18(26)36(29,30)31)20-15(33-17)5-11-35-20/h2-3,5,11-12,18,27H,4,6-10H2,1H3,(H-,22,23,29,30,31). The Kier molecular flexibility index (Phi) is 6.48. The molecule has 12 nitrogen and oxygen atoms in total. The number of aromatic amines is 1. The van der Waals surface area contributed by atoms with Gasteiger partial charge < -0.3 is 24.0 Å². The number of aromatic nitrogens is 2. The maximum Gasteiger partial charge on any atom is 0.304 e. The molecule has 0 radical (unpaired) electrons. The van der Waals surface area contributed by atoms with Crippen LogP contribution in [0, 0.1) is 6.92 Å². The molecule has 5 heterocycles. The number of quaternary nitrogens is 1. The number of carbonyl (C=O) groups excluding carboxylic acids is 1. The Balaban J connectivity index is 1.52. The minimum Gasteiger partial charge on any atom is -0.743 e. The van der Waals surface area contributed by atoms with Crippen LogP contribution < -0.4 is 14.1 Å². The van der Waals surface area contributed by atoms with Crippen molar-refractivity contribution in [1.82, 2.24) is 19.6 Å². The zero-order valence-corrected chi connectivity index (χ0v) is 21.6. The van der Waals surface area contributed by atoms with E-state index in [4.69, 9.17) is 26.8 Å². The number of thiophene rings is 1. The summed E-state index contributed by atoms with van der Waals surface area (Å²) in [6.07, 6.45) is 3.25. The van der Waals surface area contributed by atoms with Gasteiger partial charge in [-0.3, -0.25) is 9.89 Å². The largest absolute Gasteiger partial charge is 0.743 e. The van der Waals surface area contributed by atoms with E-state index in [0.717, 1.165) is 5.69 Å². The van der Waals surface area contributed by atoms with Crippen LogP contribution in [-0.2, 0) is 19.6 Å². The highest BCUT2D eigenvalue weighted by molar-refractivity contribution is 7.86. The van der Waals surface area contributed by atoms with E-state index in [1.807, 2.05) is 0 Å². The highest BCUT2D eigenvalue weighted by atomic mass is 32.2. The van der Waals surface area contributed by atoms with Crippen molar-refractivity contribution in [2.45, 2.75) is 18.7 Å². The van der Waals surface area contributed by atoms with Gasteiger partial charge >= 0.3 is 5.88 Å². The highest BCUT2D eigenvalue weighted by Crippen LogP contribution is 2.55. The number of fused-ring (bicyclic) bond motifs is 2. The number of H-pyrrole nitrogens is 1. The fraction of sp³-hybridized carbons (Fsp3) is 0.381. The Morgan fingerprint density at radius 2 is 2.25 bits per heavy atom.